The average Bonchev–Trinajstić information content (AvgIpc) is 3.02. The standard InChI is InChI=1S/C22H21NO/c1-16-10-12-17(13-11-16)19-7-3-5-9-21(19)22(23-24)15-14-18-6-2-4-8-20(18)22/h2-10,12H,11,13-15H2,1H3. The molecule has 0 saturated carbocycles. The molecule has 1 atom stereocenters. The van der Waals surface area contributed by atoms with Crippen LogP contribution in [0.25, 0.3) is 5.57 Å². The van der Waals surface area contributed by atoms with E-state index in [1.54, 1.807) is 0 Å². The second kappa shape index (κ2) is 5.86. The Bertz CT molecular complexity index is 862. The molecule has 24 heavy (non-hydrogen) atoms. The van der Waals surface area contributed by atoms with Gasteiger partial charge in [-0.1, -0.05) is 71.4 Å². The lowest BCUT2D eigenvalue weighted by molar-refractivity contribution is 0.532. The number of fused-ring (bicyclic) bond motifs is 1. The van der Waals surface area contributed by atoms with Crippen molar-refractivity contribution in [2.45, 2.75) is 38.1 Å². The van der Waals surface area contributed by atoms with Crippen molar-refractivity contribution >= 4 is 5.57 Å². The predicted octanol–water partition coefficient (Wildman–Crippen LogP) is 5.77. The fourth-order valence-electron chi connectivity index (χ4n) is 4.11. The van der Waals surface area contributed by atoms with E-state index in [9.17, 15) is 4.91 Å². The summed E-state index contributed by atoms with van der Waals surface area (Å²) in [6.45, 7) is 2.17. The van der Waals surface area contributed by atoms with Crippen molar-refractivity contribution in [3.8, 4) is 0 Å². The van der Waals surface area contributed by atoms with Gasteiger partial charge in [0, 0.05) is 0 Å². The van der Waals surface area contributed by atoms with E-state index in [1.165, 1.54) is 22.3 Å². The summed E-state index contributed by atoms with van der Waals surface area (Å²) >= 11 is 0. The molecule has 0 heterocycles. The number of hydrogen-bond acceptors (Lipinski definition) is 2. The molecule has 0 saturated heterocycles. The Morgan fingerprint density at radius 3 is 2.38 bits per heavy atom. The molecule has 0 aliphatic heterocycles. The molecule has 2 aromatic rings. The molecule has 2 heteroatoms. The summed E-state index contributed by atoms with van der Waals surface area (Å²) in [5, 5.41) is 3.71. The molecule has 2 aliphatic rings. The Hall–Kier alpha value is -2.48. The van der Waals surface area contributed by atoms with Gasteiger partial charge in [0.05, 0.1) is 0 Å². The van der Waals surface area contributed by atoms with Crippen LogP contribution in [-0.4, -0.2) is 0 Å². The number of rotatable bonds is 3. The Kier molecular flexibility index (Phi) is 3.68. The number of hydrogen-bond donors (Lipinski definition) is 0. The summed E-state index contributed by atoms with van der Waals surface area (Å²) in [7, 11) is 0. The predicted molar refractivity (Wildman–Crippen MR) is 98.7 cm³/mol. The van der Waals surface area contributed by atoms with Gasteiger partial charge in [-0.3, -0.25) is 0 Å². The van der Waals surface area contributed by atoms with Gasteiger partial charge < -0.3 is 0 Å². The van der Waals surface area contributed by atoms with Crippen LogP contribution < -0.4 is 0 Å². The van der Waals surface area contributed by atoms with E-state index in [0.29, 0.717) is 0 Å². The largest absolute Gasteiger partial charge is 0.154 e. The molecular weight excluding hydrogens is 294 g/mol. The molecule has 1 unspecified atom stereocenters. The Labute approximate surface area is 142 Å². The molecule has 0 fully saturated rings. The normalized spacial score (nSPS) is 22.5. The fraction of sp³-hybridized carbons (Fsp3) is 0.273. The van der Waals surface area contributed by atoms with Crippen LogP contribution in [0.1, 0.15) is 48.4 Å². The maximum absolute atomic E-state index is 12.1. The molecule has 2 aromatic carbocycles. The number of benzene rings is 2. The van der Waals surface area contributed by atoms with Crippen molar-refractivity contribution in [3.05, 3.63) is 93.4 Å². The quantitative estimate of drug-likeness (QED) is 0.661. The van der Waals surface area contributed by atoms with Gasteiger partial charge in [0.2, 0.25) is 0 Å². The number of nitroso groups, excluding NO2 is 1. The van der Waals surface area contributed by atoms with Gasteiger partial charge in [-0.15, -0.1) is 4.91 Å². The molecular formula is C22H21NO. The molecule has 120 valence electrons. The first kappa shape index (κ1) is 15.1. The van der Waals surface area contributed by atoms with Crippen LogP contribution in [0.15, 0.2) is 71.4 Å². The molecule has 0 spiro atoms. The van der Waals surface area contributed by atoms with Crippen LogP contribution in [0.3, 0.4) is 0 Å². The minimum atomic E-state index is -0.746. The van der Waals surface area contributed by atoms with Gasteiger partial charge in [0.25, 0.3) is 0 Å². The van der Waals surface area contributed by atoms with Crippen LogP contribution in [0.5, 0.6) is 0 Å². The van der Waals surface area contributed by atoms with E-state index in [2.05, 4.69) is 54.6 Å². The van der Waals surface area contributed by atoms with E-state index in [0.717, 1.165) is 36.8 Å². The van der Waals surface area contributed by atoms with Crippen molar-refractivity contribution in [1.82, 2.24) is 0 Å². The smallest absolute Gasteiger partial charge is 0.149 e. The van der Waals surface area contributed by atoms with Gasteiger partial charge in [-0.05, 0) is 60.4 Å². The van der Waals surface area contributed by atoms with Crippen LogP contribution in [0.4, 0.5) is 0 Å². The van der Waals surface area contributed by atoms with Crippen LogP contribution in [0.2, 0.25) is 0 Å². The van der Waals surface area contributed by atoms with Crippen molar-refractivity contribution in [2.75, 3.05) is 0 Å². The molecule has 4 rings (SSSR count). The topological polar surface area (TPSA) is 29.4 Å². The van der Waals surface area contributed by atoms with E-state index in [-0.39, 0.29) is 0 Å². The van der Waals surface area contributed by atoms with E-state index >= 15 is 0 Å². The van der Waals surface area contributed by atoms with Gasteiger partial charge in [-0.2, -0.15) is 0 Å². The monoisotopic (exact) mass is 315 g/mol. The van der Waals surface area contributed by atoms with Gasteiger partial charge in [-0.25, -0.2) is 0 Å². The van der Waals surface area contributed by atoms with Crippen molar-refractivity contribution in [1.29, 1.82) is 0 Å². The number of nitrogens with zero attached hydrogens (tertiary/aromatic N) is 1. The summed E-state index contributed by atoms with van der Waals surface area (Å²) in [4.78, 5) is 12.1. The highest BCUT2D eigenvalue weighted by molar-refractivity contribution is 5.73. The minimum Gasteiger partial charge on any atom is -0.149 e. The fourth-order valence-corrected chi connectivity index (χ4v) is 4.11. The van der Waals surface area contributed by atoms with Crippen LogP contribution >= 0.6 is 0 Å². The second-order valence-corrected chi connectivity index (χ2v) is 6.86. The van der Waals surface area contributed by atoms with Gasteiger partial charge >= 0.3 is 0 Å². The summed E-state index contributed by atoms with van der Waals surface area (Å²) in [6, 6.07) is 16.6. The molecule has 0 aromatic heterocycles. The average molecular weight is 315 g/mol. The third-order valence-corrected chi connectivity index (χ3v) is 5.45. The third-order valence-electron chi connectivity index (χ3n) is 5.45. The lowest BCUT2D eigenvalue weighted by Crippen LogP contribution is -2.23. The van der Waals surface area contributed by atoms with Crippen molar-refractivity contribution < 1.29 is 0 Å². The number of aryl methyl sites for hydroxylation is 1. The first-order valence-electron chi connectivity index (χ1n) is 8.64. The van der Waals surface area contributed by atoms with E-state index < -0.39 is 5.54 Å². The Balaban J connectivity index is 1.90. The van der Waals surface area contributed by atoms with E-state index in [1.807, 2.05) is 18.2 Å². The Morgan fingerprint density at radius 2 is 1.62 bits per heavy atom. The van der Waals surface area contributed by atoms with Crippen LogP contribution in [0, 0.1) is 4.91 Å². The highest BCUT2D eigenvalue weighted by Crippen LogP contribution is 2.47. The lowest BCUT2D eigenvalue weighted by Gasteiger charge is -2.27. The molecule has 2 nitrogen and oxygen atoms in total. The maximum atomic E-state index is 12.1. The second-order valence-electron chi connectivity index (χ2n) is 6.86. The molecule has 0 bridgehead atoms. The van der Waals surface area contributed by atoms with Crippen LogP contribution in [-0.2, 0) is 12.0 Å². The highest BCUT2D eigenvalue weighted by atomic mass is 16.3. The van der Waals surface area contributed by atoms with E-state index in [4.69, 9.17) is 0 Å². The van der Waals surface area contributed by atoms with Crippen molar-refractivity contribution in [3.63, 3.8) is 0 Å². The third kappa shape index (κ3) is 2.25. The zero-order valence-electron chi connectivity index (χ0n) is 14.0. The van der Waals surface area contributed by atoms with Crippen molar-refractivity contribution in [2.24, 2.45) is 5.18 Å². The van der Waals surface area contributed by atoms with Gasteiger partial charge in [0.1, 0.15) is 0 Å². The van der Waals surface area contributed by atoms with Gasteiger partial charge in [0.15, 0.2) is 5.54 Å². The summed E-state index contributed by atoms with van der Waals surface area (Å²) in [6.07, 6.45) is 8.17. The molecule has 0 N–H and O–H groups in total. The molecule has 0 amide bonds. The first-order valence-corrected chi connectivity index (χ1v) is 8.64. The zero-order chi connectivity index (χ0) is 16.6. The summed E-state index contributed by atoms with van der Waals surface area (Å²) in [5.74, 6) is 0. The SMILES string of the molecule is CC1=CC=C(c2ccccc2C2(N=O)CCc3ccccc32)CC1. The number of allylic oxidation sites excluding steroid dienone is 4. The highest BCUT2D eigenvalue weighted by Gasteiger charge is 2.43. The zero-order valence-corrected chi connectivity index (χ0v) is 14.0. The summed E-state index contributed by atoms with van der Waals surface area (Å²) < 4.78 is 0. The molecule has 0 radical (unpaired) electrons. The summed E-state index contributed by atoms with van der Waals surface area (Å²) in [5.41, 5.74) is 6.54. The minimum absolute atomic E-state index is 0.746. The Morgan fingerprint density at radius 1 is 0.875 bits per heavy atom. The molecule has 2 aliphatic carbocycles. The lowest BCUT2D eigenvalue weighted by atomic mass is 9.79. The maximum Gasteiger partial charge on any atom is 0.154 e. The first-order chi connectivity index (χ1) is 11.7.